The monoisotopic (exact) mass is 1370 g/mol. The number of fused-ring (bicyclic) bond motifs is 12. The van der Waals surface area contributed by atoms with Gasteiger partial charge in [-0.1, -0.05) is 277 Å². The molecule has 0 fully saturated rings. The maximum atomic E-state index is 2.84. The third-order valence-electron chi connectivity index (χ3n) is 23.9. The zero-order chi connectivity index (χ0) is 72.4. The second-order valence-electron chi connectivity index (χ2n) is 34.7. The molecule has 15 aromatic rings. The fourth-order valence-electron chi connectivity index (χ4n) is 18.6. The number of hydrogen-bond donors (Lipinski definition) is 0. The quantitative estimate of drug-likeness (QED) is 0.141. The highest BCUT2D eigenvalue weighted by molar-refractivity contribution is 7.00. The van der Waals surface area contributed by atoms with Crippen LogP contribution in [0.25, 0.3) is 99.5 Å². The van der Waals surface area contributed by atoms with Gasteiger partial charge in [0.05, 0.1) is 33.4 Å². The van der Waals surface area contributed by atoms with Crippen molar-refractivity contribution in [1.29, 1.82) is 0 Å². The Balaban J connectivity index is 0.992. The second kappa shape index (κ2) is 24.2. The maximum absolute atomic E-state index is 2.84. The Bertz CT molecular complexity index is 5440. The standard InChI is InChI=1S/C100H92BN5/c1-97(2,3)67-43-51-85-79(57-67)80-58-68(98(4,5)6)44-52-86(80)103(85)71-47-49-83-89(61-71)105(93-73(63-29-17-13-18-30-63)37-25-38-74(93)64-31-19-14-20-32-64)95-77-41-27-55-102-56-28-42-78(92(77)102)96-91(95)101(83)84-50-48-72(104-87-53-45-69(99(7,8)9)59-81(87)82-60-70(100(10,11)12)46-54-88(82)104)62-90(84)106(96)94-75(65-33-21-15-22-34-65)39-26-40-76(94)66-35-23-16-24-36-66/h13-26,29-40,43-54,57-62H,27-28,41-42,55-56H2,1-12H3. The van der Waals surface area contributed by atoms with Crippen molar-refractivity contribution in [2.75, 3.05) is 27.8 Å². The SMILES string of the molecule is CC(C)(C)c1ccc2c(c1)c1cc(C(C)(C)C)ccc1n2-c1ccc2c(c1)N(c1c(-c3ccccc3)cccc1-c1ccccc1)c1c3c4c(c5c1B2c1ccc(-n2c6ccc(C(C)(C)C)cc6c6cc(C(C)(C)C)ccc62)cc1N5c1c(-c2ccccc2)cccc1-c1ccccc1)CCCN4CCC3. The summed E-state index contributed by atoms with van der Waals surface area (Å²) < 4.78 is 5.19. The van der Waals surface area contributed by atoms with E-state index < -0.39 is 0 Å². The summed E-state index contributed by atoms with van der Waals surface area (Å²) in [6, 6.07) is 104. The Morgan fingerprint density at radius 3 is 0.877 bits per heavy atom. The van der Waals surface area contributed by atoms with Crippen LogP contribution in [-0.4, -0.2) is 28.9 Å². The van der Waals surface area contributed by atoms with Crippen LogP contribution >= 0.6 is 0 Å². The lowest BCUT2D eigenvalue weighted by Crippen LogP contribution is -2.62. The van der Waals surface area contributed by atoms with Gasteiger partial charge in [-0.2, -0.15) is 0 Å². The minimum Gasteiger partial charge on any atom is -0.371 e. The number of para-hydroxylation sites is 2. The molecule has 0 atom stereocenters. The molecule has 0 saturated heterocycles. The van der Waals surface area contributed by atoms with Crippen molar-refractivity contribution in [1.82, 2.24) is 9.13 Å². The summed E-state index contributed by atoms with van der Waals surface area (Å²) in [5, 5.41) is 5.13. The molecule has 2 aromatic heterocycles. The van der Waals surface area contributed by atoms with E-state index in [-0.39, 0.29) is 28.4 Å². The minimum absolute atomic E-state index is 0.0460. The van der Waals surface area contributed by atoms with Gasteiger partial charge in [-0.25, -0.2) is 0 Å². The van der Waals surface area contributed by atoms with Gasteiger partial charge in [0.1, 0.15) is 0 Å². The number of rotatable bonds is 8. The molecule has 0 bridgehead atoms. The van der Waals surface area contributed by atoms with Gasteiger partial charge in [0.15, 0.2) is 0 Å². The highest BCUT2D eigenvalue weighted by Crippen LogP contribution is 2.59. The van der Waals surface area contributed by atoms with Crippen LogP contribution in [0.5, 0.6) is 0 Å². The predicted molar refractivity (Wildman–Crippen MR) is 455 cm³/mol. The molecule has 520 valence electrons. The Labute approximate surface area is 626 Å². The van der Waals surface area contributed by atoms with E-state index in [4.69, 9.17) is 0 Å². The minimum atomic E-state index is -0.193. The Hall–Kier alpha value is -11.1. The van der Waals surface area contributed by atoms with Crippen LogP contribution in [0.15, 0.2) is 267 Å². The van der Waals surface area contributed by atoms with Gasteiger partial charge in [0.25, 0.3) is 6.71 Å². The molecule has 0 radical (unpaired) electrons. The molecule has 0 aliphatic carbocycles. The lowest BCUT2D eigenvalue weighted by Gasteiger charge is -2.50. The third kappa shape index (κ3) is 10.4. The zero-order valence-electron chi connectivity index (χ0n) is 63.5. The molecule has 6 heteroatoms. The van der Waals surface area contributed by atoms with Crippen LogP contribution in [0.2, 0.25) is 0 Å². The fraction of sp³-hybridized carbons (Fsp3) is 0.220. The third-order valence-corrected chi connectivity index (χ3v) is 23.9. The van der Waals surface area contributed by atoms with Crippen molar-refractivity contribution >= 4 is 107 Å². The van der Waals surface area contributed by atoms with Crippen molar-refractivity contribution in [3.05, 3.63) is 300 Å². The predicted octanol–water partition coefficient (Wildman–Crippen LogP) is 24.5. The van der Waals surface area contributed by atoms with Crippen molar-refractivity contribution in [2.24, 2.45) is 0 Å². The maximum Gasteiger partial charge on any atom is 0.252 e. The first kappa shape index (κ1) is 65.7. The van der Waals surface area contributed by atoms with E-state index in [9.17, 15) is 0 Å². The molecule has 106 heavy (non-hydrogen) atoms. The first-order valence-corrected chi connectivity index (χ1v) is 38.7. The summed E-state index contributed by atoms with van der Waals surface area (Å²) in [5.41, 5.74) is 37.4. The van der Waals surface area contributed by atoms with Crippen LogP contribution in [0.1, 0.15) is 129 Å². The Morgan fingerprint density at radius 2 is 0.585 bits per heavy atom. The number of anilines is 7. The molecule has 0 amide bonds. The van der Waals surface area contributed by atoms with E-state index in [1.54, 1.807) is 0 Å². The summed E-state index contributed by atoms with van der Waals surface area (Å²) in [5.74, 6) is 0. The second-order valence-corrected chi connectivity index (χ2v) is 34.7. The molecule has 19 rings (SSSR count). The van der Waals surface area contributed by atoms with Gasteiger partial charge in [-0.15, -0.1) is 0 Å². The molecular formula is C100H92BN5. The van der Waals surface area contributed by atoms with Crippen LogP contribution in [0, 0.1) is 0 Å². The van der Waals surface area contributed by atoms with Gasteiger partial charge in [-0.05, 0) is 192 Å². The van der Waals surface area contributed by atoms with Crippen LogP contribution in [0.4, 0.5) is 39.8 Å². The molecule has 0 spiro atoms. The average Bonchev–Trinajstić information content (AvgIpc) is 1.02. The van der Waals surface area contributed by atoms with Gasteiger partial charge >= 0.3 is 0 Å². The smallest absolute Gasteiger partial charge is 0.252 e. The Morgan fingerprint density at radius 1 is 0.283 bits per heavy atom. The Kier molecular flexibility index (Phi) is 15.0. The summed E-state index contributed by atoms with van der Waals surface area (Å²) in [6.45, 7) is 30.0. The van der Waals surface area contributed by atoms with E-state index in [2.05, 4.69) is 374 Å². The molecular weight excluding hydrogens is 1280 g/mol. The van der Waals surface area contributed by atoms with Crippen LogP contribution in [0.3, 0.4) is 0 Å². The molecule has 0 saturated carbocycles. The largest absolute Gasteiger partial charge is 0.371 e. The number of nitrogens with zero attached hydrogens (tertiary/aromatic N) is 5. The number of benzene rings is 13. The molecule has 0 N–H and O–H groups in total. The molecule has 0 unspecified atom stereocenters. The van der Waals surface area contributed by atoms with E-state index in [0.29, 0.717) is 0 Å². The van der Waals surface area contributed by atoms with Crippen molar-refractivity contribution in [2.45, 2.75) is 130 Å². The lowest BCUT2D eigenvalue weighted by molar-refractivity contribution is 0.590. The normalized spacial score (nSPS) is 14.3. The van der Waals surface area contributed by atoms with E-state index in [1.807, 2.05) is 0 Å². The van der Waals surface area contributed by atoms with E-state index in [1.165, 1.54) is 178 Å². The summed E-state index contributed by atoms with van der Waals surface area (Å²) in [4.78, 5) is 8.49. The summed E-state index contributed by atoms with van der Waals surface area (Å²) in [7, 11) is 0. The van der Waals surface area contributed by atoms with Crippen molar-refractivity contribution in [3.8, 4) is 55.9 Å². The first-order valence-electron chi connectivity index (χ1n) is 38.7. The first-order chi connectivity index (χ1) is 51.2. The van der Waals surface area contributed by atoms with E-state index >= 15 is 0 Å². The summed E-state index contributed by atoms with van der Waals surface area (Å²) >= 11 is 0. The highest BCUT2D eigenvalue weighted by Gasteiger charge is 2.50. The van der Waals surface area contributed by atoms with Crippen molar-refractivity contribution < 1.29 is 0 Å². The highest BCUT2D eigenvalue weighted by atomic mass is 15.2. The number of hydrogen-bond acceptors (Lipinski definition) is 3. The number of aromatic nitrogens is 2. The van der Waals surface area contributed by atoms with Gasteiger partial charge in [0.2, 0.25) is 0 Å². The lowest BCUT2D eigenvalue weighted by atomic mass is 9.33. The molecule has 5 nitrogen and oxygen atoms in total. The van der Waals surface area contributed by atoms with Gasteiger partial charge in [0, 0.05) is 96.7 Å². The molecule has 6 heterocycles. The van der Waals surface area contributed by atoms with Crippen LogP contribution in [-0.2, 0) is 34.5 Å². The zero-order valence-corrected chi connectivity index (χ0v) is 63.5. The molecule has 13 aromatic carbocycles. The molecule has 4 aliphatic rings. The van der Waals surface area contributed by atoms with Crippen LogP contribution < -0.4 is 31.1 Å². The topological polar surface area (TPSA) is 19.6 Å². The van der Waals surface area contributed by atoms with Gasteiger partial charge < -0.3 is 23.8 Å². The van der Waals surface area contributed by atoms with Gasteiger partial charge in [-0.3, -0.25) is 0 Å². The fourth-order valence-corrected chi connectivity index (χ4v) is 18.6. The summed E-state index contributed by atoms with van der Waals surface area (Å²) in [6.07, 6.45) is 4.04. The van der Waals surface area contributed by atoms with Crippen molar-refractivity contribution in [3.63, 3.8) is 0 Å². The van der Waals surface area contributed by atoms with E-state index in [0.717, 1.165) is 50.1 Å². The molecule has 4 aliphatic heterocycles. The average molecular weight is 1370 g/mol.